The lowest BCUT2D eigenvalue weighted by atomic mass is 10.1. The molecule has 0 saturated heterocycles. The second-order valence-electron chi connectivity index (χ2n) is 2.44. The summed E-state index contributed by atoms with van der Waals surface area (Å²) < 4.78 is 0. The van der Waals surface area contributed by atoms with Crippen molar-refractivity contribution >= 4 is 5.97 Å². The maximum atomic E-state index is 10.6. The molecular weight excluding hydrogens is 152 g/mol. The van der Waals surface area contributed by atoms with Crippen LogP contribution in [0.5, 0.6) is 0 Å². The molecule has 12 heavy (non-hydrogen) atoms. The van der Waals surface area contributed by atoms with Gasteiger partial charge in [-0.15, -0.1) is 6.58 Å². The maximum Gasteiger partial charge on any atom is 0.386 e. The average molecular weight is 161 g/mol. The molecule has 0 N–H and O–H groups in total. The van der Waals surface area contributed by atoms with Crippen molar-refractivity contribution < 1.29 is 9.90 Å². The molecule has 61 valence electrons. The minimum atomic E-state index is -1.13. The summed E-state index contributed by atoms with van der Waals surface area (Å²) in [5, 5.41) is 10.6. The van der Waals surface area contributed by atoms with Crippen molar-refractivity contribution in [2.75, 3.05) is 0 Å². The van der Waals surface area contributed by atoms with E-state index in [1.54, 1.807) is 24.3 Å². The Kier molecular flexibility index (Phi) is 2.64. The predicted molar refractivity (Wildman–Crippen MR) is 45.4 cm³/mol. The first-order chi connectivity index (χ1) is 5.75. The molecule has 0 spiro atoms. The van der Waals surface area contributed by atoms with Crippen LogP contribution in [0.25, 0.3) is 0 Å². The summed E-state index contributed by atoms with van der Waals surface area (Å²) in [7, 11) is 0. The zero-order valence-electron chi connectivity index (χ0n) is 6.62. The molecule has 2 nitrogen and oxygen atoms in total. The van der Waals surface area contributed by atoms with Crippen molar-refractivity contribution in [3.8, 4) is 0 Å². The smallest absolute Gasteiger partial charge is 0.241 e. The molecule has 1 rings (SSSR count). The number of hydrogen-bond donors (Lipinski definition) is 0. The van der Waals surface area contributed by atoms with Gasteiger partial charge in [-0.3, -0.25) is 0 Å². The summed E-state index contributed by atoms with van der Waals surface area (Å²) in [6, 6.07) is 6.77. The van der Waals surface area contributed by atoms with Gasteiger partial charge >= 0.3 is 5.97 Å². The number of benzene rings is 1. The molecule has 1 aromatic carbocycles. The van der Waals surface area contributed by atoms with Gasteiger partial charge in [0.15, 0.2) is 0 Å². The number of carbonyl (C=O) groups excluding carboxylic acids is 1. The third-order valence-electron chi connectivity index (χ3n) is 1.60. The van der Waals surface area contributed by atoms with Crippen LogP contribution in [0.1, 0.15) is 15.9 Å². The van der Waals surface area contributed by atoms with Crippen molar-refractivity contribution in [2.45, 2.75) is 6.42 Å². The molecule has 1 radical (unpaired) electrons. The molecule has 0 bridgehead atoms. The molecule has 0 heterocycles. The van der Waals surface area contributed by atoms with E-state index in [1.807, 2.05) is 0 Å². The summed E-state index contributed by atoms with van der Waals surface area (Å²) in [6.07, 6.45) is 2.23. The predicted octanol–water partition coefficient (Wildman–Crippen LogP) is 1.99. The van der Waals surface area contributed by atoms with E-state index in [2.05, 4.69) is 6.58 Å². The average Bonchev–Trinajstić information content (AvgIpc) is 2.05. The summed E-state index contributed by atoms with van der Waals surface area (Å²) in [6.45, 7) is 3.54. The molecule has 0 aliphatic rings. The summed E-state index contributed by atoms with van der Waals surface area (Å²) in [4.78, 5) is 10.6. The fourth-order valence-electron chi connectivity index (χ4n) is 1.05. The lowest BCUT2D eigenvalue weighted by Gasteiger charge is -1.99. The summed E-state index contributed by atoms with van der Waals surface area (Å²) >= 11 is 0. The van der Waals surface area contributed by atoms with E-state index in [9.17, 15) is 9.90 Å². The van der Waals surface area contributed by atoms with E-state index in [0.29, 0.717) is 6.42 Å². The Morgan fingerprint density at radius 2 is 2.08 bits per heavy atom. The largest absolute Gasteiger partial charge is 0.386 e. The number of hydrogen-bond acceptors (Lipinski definition) is 1. The van der Waals surface area contributed by atoms with E-state index in [-0.39, 0.29) is 5.56 Å². The van der Waals surface area contributed by atoms with Crippen molar-refractivity contribution in [1.82, 2.24) is 0 Å². The number of rotatable bonds is 3. The molecule has 0 atom stereocenters. The first kappa shape index (κ1) is 8.53. The summed E-state index contributed by atoms with van der Waals surface area (Å²) in [5.41, 5.74) is 0.991. The van der Waals surface area contributed by atoms with E-state index in [1.165, 1.54) is 6.07 Å². The molecule has 0 unspecified atom stereocenters. The fraction of sp³-hybridized carbons (Fsp3) is 0.100. The van der Waals surface area contributed by atoms with Crippen LogP contribution in [-0.2, 0) is 11.5 Å². The standard InChI is InChI=1S/C10H9O2/c1-2-5-8-6-3-4-7-9(8)10(11)12/h2-4,6-7H,1,5H2. The third-order valence-corrected chi connectivity index (χ3v) is 1.60. The van der Waals surface area contributed by atoms with Gasteiger partial charge in [0, 0.05) is 0 Å². The van der Waals surface area contributed by atoms with E-state index in [4.69, 9.17) is 0 Å². The fourth-order valence-corrected chi connectivity index (χ4v) is 1.05. The SMILES string of the molecule is C=CCc1ccccc1C([O])=O. The normalized spacial score (nSPS) is 9.33. The van der Waals surface area contributed by atoms with Gasteiger partial charge in [-0.05, 0) is 18.1 Å². The maximum absolute atomic E-state index is 10.6. The van der Waals surface area contributed by atoms with E-state index >= 15 is 0 Å². The minimum Gasteiger partial charge on any atom is -0.241 e. The lowest BCUT2D eigenvalue weighted by Crippen LogP contribution is -1.99. The summed E-state index contributed by atoms with van der Waals surface area (Å²) in [5.74, 6) is -1.13. The van der Waals surface area contributed by atoms with E-state index in [0.717, 1.165) is 5.56 Å². The van der Waals surface area contributed by atoms with Crippen LogP contribution >= 0.6 is 0 Å². The van der Waals surface area contributed by atoms with Crippen molar-refractivity contribution in [2.24, 2.45) is 0 Å². The van der Waals surface area contributed by atoms with Gasteiger partial charge in [-0.25, -0.2) is 9.90 Å². The Hall–Kier alpha value is -1.57. The van der Waals surface area contributed by atoms with Crippen LogP contribution in [0, 0.1) is 0 Å². The Bertz CT molecular complexity index is 302. The van der Waals surface area contributed by atoms with Gasteiger partial charge in [0.05, 0.1) is 5.56 Å². The Labute approximate surface area is 71.2 Å². The minimum absolute atomic E-state index is 0.248. The van der Waals surface area contributed by atoms with Crippen molar-refractivity contribution in [3.05, 3.63) is 48.0 Å². The van der Waals surface area contributed by atoms with Gasteiger partial charge in [0.25, 0.3) is 0 Å². The molecule has 0 amide bonds. The van der Waals surface area contributed by atoms with Crippen LogP contribution in [0.4, 0.5) is 0 Å². The quantitative estimate of drug-likeness (QED) is 0.624. The van der Waals surface area contributed by atoms with Gasteiger partial charge in [0.2, 0.25) is 0 Å². The van der Waals surface area contributed by atoms with Gasteiger partial charge in [-0.2, -0.15) is 0 Å². The van der Waals surface area contributed by atoms with Gasteiger partial charge in [-0.1, -0.05) is 24.3 Å². The Morgan fingerprint density at radius 1 is 1.42 bits per heavy atom. The number of carbonyl (C=O) groups is 1. The Morgan fingerprint density at radius 3 is 2.67 bits per heavy atom. The second kappa shape index (κ2) is 3.72. The van der Waals surface area contributed by atoms with Gasteiger partial charge < -0.3 is 0 Å². The van der Waals surface area contributed by atoms with Crippen LogP contribution in [0.3, 0.4) is 0 Å². The topological polar surface area (TPSA) is 37.0 Å². The zero-order valence-corrected chi connectivity index (χ0v) is 6.62. The van der Waals surface area contributed by atoms with Crippen LogP contribution < -0.4 is 0 Å². The van der Waals surface area contributed by atoms with Crippen LogP contribution in [0.2, 0.25) is 0 Å². The van der Waals surface area contributed by atoms with Crippen molar-refractivity contribution in [3.63, 3.8) is 0 Å². The Balaban J connectivity index is 3.07. The molecule has 0 saturated carbocycles. The monoisotopic (exact) mass is 161 g/mol. The first-order valence-electron chi connectivity index (χ1n) is 3.66. The lowest BCUT2D eigenvalue weighted by molar-refractivity contribution is 0.0572. The molecular formula is C10H9O2. The van der Waals surface area contributed by atoms with Crippen molar-refractivity contribution in [1.29, 1.82) is 0 Å². The highest BCUT2D eigenvalue weighted by Crippen LogP contribution is 2.09. The second-order valence-corrected chi connectivity index (χ2v) is 2.44. The molecule has 0 aromatic heterocycles. The third kappa shape index (κ3) is 1.72. The first-order valence-corrected chi connectivity index (χ1v) is 3.66. The molecule has 0 aliphatic carbocycles. The molecule has 0 fully saturated rings. The van der Waals surface area contributed by atoms with Gasteiger partial charge in [0.1, 0.15) is 0 Å². The highest BCUT2D eigenvalue weighted by molar-refractivity contribution is 5.89. The number of allylic oxidation sites excluding steroid dienone is 1. The highest BCUT2D eigenvalue weighted by Gasteiger charge is 2.08. The molecule has 1 aromatic rings. The van der Waals surface area contributed by atoms with Crippen LogP contribution in [-0.4, -0.2) is 5.97 Å². The molecule has 2 heteroatoms. The van der Waals surface area contributed by atoms with Crippen LogP contribution in [0.15, 0.2) is 36.9 Å². The molecule has 0 aliphatic heterocycles. The highest BCUT2D eigenvalue weighted by atomic mass is 16.4. The van der Waals surface area contributed by atoms with E-state index < -0.39 is 5.97 Å². The zero-order chi connectivity index (χ0) is 8.97.